The highest BCUT2D eigenvalue weighted by molar-refractivity contribution is 6.25. The molecule has 0 N–H and O–H groups in total. The molecular weight excluding hydrogens is 452 g/mol. The lowest BCUT2D eigenvalue weighted by atomic mass is 10.1. The number of imide groups is 1. The first-order chi connectivity index (χ1) is 17.1. The second kappa shape index (κ2) is 8.19. The molecule has 3 aromatic rings. The van der Waals surface area contributed by atoms with Crippen LogP contribution in [0.1, 0.15) is 23.4 Å². The number of aryl methyl sites for hydroxylation is 2. The van der Waals surface area contributed by atoms with Gasteiger partial charge in [0.05, 0.1) is 25.5 Å². The molecule has 1 fully saturated rings. The van der Waals surface area contributed by atoms with Crippen LogP contribution >= 0.6 is 0 Å². The van der Waals surface area contributed by atoms with Gasteiger partial charge in [-0.25, -0.2) is 4.90 Å². The lowest BCUT2D eigenvalue weighted by Crippen LogP contribution is -2.39. The zero-order chi connectivity index (χ0) is 24.1. The van der Waals surface area contributed by atoms with E-state index >= 15 is 0 Å². The van der Waals surface area contributed by atoms with E-state index in [4.69, 9.17) is 14.0 Å². The normalized spacial score (nSPS) is 20.5. The number of hydrogen-bond acceptors (Lipinski definition) is 10. The van der Waals surface area contributed by atoms with E-state index in [0.717, 1.165) is 19.3 Å². The zero-order valence-electron chi connectivity index (χ0n) is 19.2. The van der Waals surface area contributed by atoms with Gasteiger partial charge in [-0.05, 0) is 54.7 Å². The van der Waals surface area contributed by atoms with Crippen molar-refractivity contribution in [2.24, 2.45) is 10.3 Å². The van der Waals surface area contributed by atoms with Crippen molar-refractivity contribution < 1.29 is 23.6 Å². The number of fused-ring (bicyclic) bond motifs is 2. The van der Waals surface area contributed by atoms with Gasteiger partial charge in [0.2, 0.25) is 11.7 Å². The Labute approximate surface area is 200 Å². The number of carbonyl (C=O) groups excluding carboxylic acids is 2. The first-order valence-corrected chi connectivity index (χ1v) is 11.3. The Morgan fingerprint density at radius 1 is 1.03 bits per heavy atom. The molecule has 1 saturated heterocycles. The Morgan fingerprint density at radius 2 is 1.89 bits per heavy atom. The summed E-state index contributed by atoms with van der Waals surface area (Å²) in [6.45, 7) is 0.0349. The van der Waals surface area contributed by atoms with Crippen molar-refractivity contribution in [1.82, 2.24) is 15.1 Å². The Morgan fingerprint density at radius 3 is 2.71 bits per heavy atom. The van der Waals surface area contributed by atoms with Gasteiger partial charge in [0.15, 0.2) is 12.1 Å². The minimum Gasteiger partial charge on any atom is -0.497 e. The van der Waals surface area contributed by atoms with E-state index in [9.17, 15) is 9.59 Å². The van der Waals surface area contributed by atoms with Gasteiger partial charge in [0.25, 0.3) is 11.8 Å². The summed E-state index contributed by atoms with van der Waals surface area (Å²) in [5, 5.41) is 13.6. The average molecular weight is 474 g/mol. The molecule has 3 heterocycles. The summed E-state index contributed by atoms with van der Waals surface area (Å²) in [5.74, 6) is 0.974. The third kappa shape index (κ3) is 3.42. The first kappa shape index (κ1) is 21.3. The van der Waals surface area contributed by atoms with E-state index in [1.165, 1.54) is 21.0 Å². The molecule has 11 nitrogen and oxygen atoms in total. The van der Waals surface area contributed by atoms with Crippen molar-refractivity contribution in [3.05, 3.63) is 53.4 Å². The van der Waals surface area contributed by atoms with Crippen LogP contribution in [-0.2, 0) is 29.0 Å². The molecule has 2 atom stereocenters. The van der Waals surface area contributed by atoms with Crippen LogP contribution in [0.4, 0.5) is 5.69 Å². The molecule has 2 aliphatic heterocycles. The molecule has 11 heteroatoms. The van der Waals surface area contributed by atoms with Crippen molar-refractivity contribution in [1.29, 1.82) is 0 Å². The van der Waals surface area contributed by atoms with Crippen LogP contribution in [0.5, 0.6) is 11.5 Å². The fourth-order valence-corrected chi connectivity index (χ4v) is 4.86. The molecule has 0 spiro atoms. The molecule has 3 aliphatic rings. The second-order valence-electron chi connectivity index (χ2n) is 8.59. The van der Waals surface area contributed by atoms with Gasteiger partial charge < -0.3 is 14.0 Å². The largest absolute Gasteiger partial charge is 0.497 e. The van der Waals surface area contributed by atoms with Crippen molar-refractivity contribution in [2.75, 3.05) is 19.1 Å². The standard InChI is InChI=1S/C24H22N6O5/c1-33-16-8-9-17(18(11-16)34-2)22-25-19(35-27-22)12-29-21-20(26-28-29)23(31)30(24(21)32)15-7-6-13-4-3-5-14(13)10-15/h6-11,20-21H,3-5,12H2,1-2H3/t20-,21+/m0/s1. The number of hydrogen-bond donors (Lipinski definition) is 0. The maximum absolute atomic E-state index is 13.3. The summed E-state index contributed by atoms with van der Waals surface area (Å²) < 4.78 is 16.0. The molecule has 0 unspecified atom stereocenters. The van der Waals surface area contributed by atoms with Crippen LogP contribution < -0.4 is 14.4 Å². The van der Waals surface area contributed by atoms with Crippen LogP contribution in [0, 0.1) is 0 Å². The van der Waals surface area contributed by atoms with Crippen molar-refractivity contribution >= 4 is 17.5 Å². The highest BCUT2D eigenvalue weighted by Gasteiger charge is 2.55. The molecule has 0 radical (unpaired) electrons. The van der Waals surface area contributed by atoms with Crippen molar-refractivity contribution in [3.63, 3.8) is 0 Å². The summed E-state index contributed by atoms with van der Waals surface area (Å²) in [7, 11) is 3.11. The van der Waals surface area contributed by atoms with Crippen LogP contribution in [0.15, 0.2) is 51.3 Å². The van der Waals surface area contributed by atoms with E-state index in [1.807, 2.05) is 18.2 Å². The number of ether oxygens (including phenoxy) is 2. The minimum atomic E-state index is -0.889. The molecule has 6 rings (SSSR count). The van der Waals surface area contributed by atoms with Crippen LogP contribution in [-0.4, -0.2) is 53.3 Å². The topological polar surface area (TPSA) is 123 Å². The number of rotatable bonds is 6. The van der Waals surface area contributed by atoms with Gasteiger partial charge in [0, 0.05) is 6.07 Å². The third-order valence-electron chi connectivity index (χ3n) is 6.61. The monoisotopic (exact) mass is 474 g/mol. The molecule has 1 aromatic heterocycles. The van der Waals surface area contributed by atoms with E-state index in [1.54, 1.807) is 32.4 Å². The molecule has 178 valence electrons. The quantitative estimate of drug-likeness (QED) is 0.500. The number of carbonyl (C=O) groups is 2. The summed E-state index contributed by atoms with van der Waals surface area (Å²) in [6, 6.07) is 9.29. The Hall–Kier alpha value is -4.28. The van der Waals surface area contributed by atoms with Gasteiger partial charge in [-0.15, -0.1) is 0 Å². The van der Waals surface area contributed by atoms with Gasteiger partial charge in [0.1, 0.15) is 18.0 Å². The van der Waals surface area contributed by atoms with Crippen molar-refractivity contribution in [3.8, 4) is 22.9 Å². The molecule has 1 aliphatic carbocycles. The fourth-order valence-electron chi connectivity index (χ4n) is 4.86. The highest BCUT2D eigenvalue weighted by atomic mass is 16.5. The maximum atomic E-state index is 13.3. The summed E-state index contributed by atoms with van der Waals surface area (Å²) in [4.78, 5) is 32.0. The van der Waals surface area contributed by atoms with Gasteiger partial charge in [-0.2, -0.15) is 10.1 Å². The smallest absolute Gasteiger partial charge is 0.263 e. The van der Waals surface area contributed by atoms with Crippen LogP contribution in [0.3, 0.4) is 0 Å². The number of amides is 2. The predicted octanol–water partition coefficient (Wildman–Crippen LogP) is 2.74. The van der Waals surface area contributed by atoms with E-state index < -0.39 is 12.1 Å². The molecule has 0 saturated carbocycles. The summed E-state index contributed by atoms with van der Waals surface area (Å²) in [6.07, 6.45) is 3.07. The Bertz CT molecular complexity index is 1370. The number of nitrogens with zero attached hydrogens (tertiary/aromatic N) is 6. The third-order valence-corrected chi connectivity index (χ3v) is 6.61. The van der Waals surface area contributed by atoms with Crippen LogP contribution in [0.2, 0.25) is 0 Å². The molecular formula is C24H22N6O5. The average Bonchev–Trinajstić information content (AvgIpc) is 3.66. The van der Waals surface area contributed by atoms with Crippen molar-refractivity contribution in [2.45, 2.75) is 37.9 Å². The van der Waals surface area contributed by atoms with Crippen LogP contribution in [0.25, 0.3) is 11.4 Å². The van der Waals surface area contributed by atoms with E-state index in [0.29, 0.717) is 28.6 Å². The number of benzene rings is 2. The first-order valence-electron chi connectivity index (χ1n) is 11.3. The SMILES string of the molecule is COc1ccc(-c2noc(CN3N=N[C@@H]4C(=O)N(c5ccc6c(c5)CCC6)C(=O)[C@@H]43)n2)c(OC)c1. The Balaban J connectivity index is 1.22. The lowest BCUT2D eigenvalue weighted by molar-refractivity contribution is -0.123. The summed E-state index contributed by atoms with van der Waals surface area (Å²) >= 11 is 0. The molecule has 0 bridgehead atoms. The summed E-state index contributed by atoms with van der Waals surface area (Å²) in [5.41, 5.74) is 3.66. The van der Waals surface area contributed by atoms with Gasteiger partial charge in [-0.3, -0.25) is 14.6 Å². The lowest BCUT2D eigenvalue weighted by Gasteiger charge is -2.19. The van der Waals surface area contributed by atoms with E-state index in [-0.39, 0.29) is 24.2 Å². The number of aromatic nitrogens is 2. The second-order valence-corrected chi connectivity index (χ2v) is 8.59. The zero-order valence-corrected chi connectivity index (χ0v) is 19.2. The molecule has 2 amide bonds. The fraction of sp³-hybridized carbons (Fsp3) is 0.333. The highest BCUT2D eigenvalue weighted by Crippen LogP contribution is 2.36. The Kier molecular flexibility index (Phi) is 4.97. The van der Waals surface area contributed by atoms with E-state index in [2.05, 4.69) is 20.5 Å². The van der Waals surface area contributed by atoms with Gasteiger partial charge in [-0.1, -0.05) is 16.4 Å². The maximum Gasteiger partial charge on any atom is 0.263 e. The molecule has 35 heavy (non-hydrogen) atoms. The molecule has 2 aromatic carbocycles. The number of anilines is 1. The minimum absolute atomic E-state index is 0.0349. The number of methoxy groups -OCH3 is 2. The van der Waals surface area contributed by atoms with Gasteiger partial charge >= 0.3 is 0 Å². The predicted molar refractivity (Wildman–Crippen MR) is 122 cm³/mol.